The van der Waals surface area contributed by atoms with Crippen LogP contribution in [0.2, 0.25) is 0 Å². The van der Waals surface area contributed by atoms with E-state index in [0.717, 1.165) is 32.0 Å². The molecule has 0 aliphatic rings. The number of hydrogen-bond donors (Lipinski definition) is 1. The van der Waals surface area contributed by atoms with Crippen molar-refractivity contribution in [1.82, 2.24) is 5.32 Å². The molecule has 1 amide bonds. The molecule has 3 rings (SSSR count). The topological polar surface area (TPSA) is 29.1 Å². The summed E-state index contributed by atoms with van der Waals surface area (Å²) in [4.78, 5) is 12.3. The first-order chi connectivity index (χ1) is 12.7. The van der Waals surface area contributed by atoms with Crippen LogP contribution >= 0.6 is 22.6 Å². The van der Waals surface area contributed by atoms with Crippen molar-refractivity contribution in [2.75, 3.05) is 0 Å². The standard InChI is InChI=1S/C21H17F3INO/c1-12(2)26-20(27)14-5-8-17-16(9-10-19(25)18(17)11-14)13-3-6-15(7-4-13)21(22,23)24/h3-12H,1-2H3,(H,26,27). The first kappa shape index (κ1) is 19.7. The summed E-state index contributed by atoms with van der Waals surface area (Å²) < 4.78 is 39.4. The maximum Gasteiger partial charge on any atom is 0.416 e. The highest BCUT2D eigenvalue weighted by atomic mass is 127. The molecule has 0 aliphatic heterocycles. The van der Waals surface area contributed by atoms with Gasteiger partial charge in [0.2, 0.25) is 0 Å². The molecule has 0 heterocycles. The van der Waals surface area contributed by atoms with E-state index in [0.29, 0.717) is 11.1 Å². The monoisotopic (exact) mass is 483 g/mol. The molecule has 0 unspecified atom stereocenters. The van der Waals surface area contributed by atoms with E-state index in [4.69, 9.17) is 0 Å². The third-order valence-electron chi connectivity index (χ3n) is 4.17. The SMILES string of the molecule is CC(C)NC(=O)c1ccc2c(-c3ccc(C(F)(F)F)cc3)ccc(I)c2c1. The molecule has 0 saturated carbocycles. The molecule has 140 valence electrons. The zero-order valence-electron chi connectivity index (χ0n) is 14.7. The molecule has 0 atom stereocenters. The highest BCUT2D eigenvalue weighted by Gasteiger charge is 2.30. The first-order valence-corrected chi connectivity index (χ1v) is 9.45. The predicted octanol–water partition coefficient (Wildman–Crippen LogP) is 6.27. The number of benzene rings is 3. The lowest BCUT2D eigenvalue weighted by atomic mass is 9.96. The molecule has 0 radical (unpaired) electrons. The van der Waals surface area contributed by atoms with Crippen molar-refractivity contribution in [2.24, 2.45) is 0 Å². The number of amides is 1. The molecule has 0 aliphatic carbocycles. The normalized spacial score (nSPS) is 11.8. The summed E-state index contributed by atoms with van der Waals surface area (Å²) in [7, 11) is 0. The number of halogens is 4. The van der Waals surface area contributed by atoms with E-state index in [1.165, 1.54) is 12.1 Å². The highest BCUT2D eigenvalue weighted by Crippen LogP contribution is 2.35. The summed E-state index contributed by atoms with van der Waals surface area (Å²) in [6, 6.07) is 14.4. The molecule has 27 heavy (non-hydrogen) atoms. The van der Waals surface area contributed by atoms with Crippen LogP contribution in [-0.4, -0.2) is 11.9 Å². The van der Waals surface area contributed by atoms with Crippen molar-refractivity contribution in [3.63, 3.8) is 0 Å². The molecule has 0 aromatic heterocycles. The van der Waals surface area contributed by atoms with Crippen LogP contribution in [-0.2, 0) is 6.18 Å². The van der Waals surface area contributed by atoms with Crippen LogP contribution in [0.15, 0.2) is 54.6 Å². The second-order valence-electron chi connectivity index (χ2n) is 6.56. The Labute approximate surface area is 168 Å². The van der Waals surface area contributed by atoms with Gasteiger partial charge in [0, 0.05) is 15.2 Å². The lowest BCUT2D eigenvalue weighted by molar-refractivity contribution is -0.137. The van der Waals surface area contributed by atoms with Gasteiger partial charge >= 0.3 is 6.18 Å². The zero-order chi connectivity index (χ0) is 19.8. The Hall–Kier alpha value is -2.09. The van der Waals surface area contributed by atoms with Crippen LogP contribution < -0.4 is 5.32 Å². The fourth-order valence-electron chi connectivity index (χ4n) is 2.89. The van der Waals surface area contributed by atoms with Crippen molar-refractivity contribution >= 4 is 39.3 Å². The third-order valence-corrected chi connectivity index (χ3v) is 5.11. The molecule has 2 nitrogen and oxygen atoms in total. The minimum absolute atomic E-state index is 0.0331. The molecule has 1 N–H and O–H groups in total. The number of carbonyl (C=O) groups excluding carboxylic acids is 1. The van der Waals surface area contributed by atoms with Crippen LogP contribution in [0.25, 0.3) is 21.9 Å². The number of hydrogen-bond acceptors (Lipinski definition) is 1. The van der Waals surface area contributed by atoms with Crippen LogP contribution in [0.1, 0.15) is 29.8 Å². The summed E-state index contributed by atoms with van der Waals surface area (Å²) in [6.07, 6.45) is -4.36. The van der Waals surface area contributed by atoms with Gasteiger partial charge in [0.1, 0.15) is 0 Å². The van der Waals surface area contributed by atoms with E-state index in [2.05, 4.69) is 27.9 Å². The lowest BCUT2D eigenvalue weighted by Gasteiger charge is -2.13. The zero-order valence-corrected chi connectivity index (χ0v) is 16.9. The third kappa shape index (κ3) is 4.26. The molecular formula is C21H17F3INO. The Balaban J connectivity index is 2.07. The van der Waals surface area contributed by atoms with Gasteiger partial charge in [-0.25, -0.2) is 0 Å². The lowest BCUT2D eigenvalue weighted by Crippen LogP contribution is -2.29. The van der Waals surface area contributed by atoms with Crippen molar-refractivity contribution < 1.29 is 18.0 Å². The average Bonchev–Trinajstić information content (AvgIpc) is 2.61. The summed E-state index contributed by atoms with van der Waals surface area (Å²) >= 11 is 2.20. The van der Waals surface area contributed by atoms with Crippen LogP contribution in [0, 0.1) is 3.57 Å². The second-order valence-corrected chi connectivity index (χ2v) is 7.72. The van der Waals surface area contributed by atoms with Crippen LogP contribution in [0.4, 0.5) is 13.2 Å². The van der Waals surface area contributed by atoms with Crippen molar-refractivity contribution in [2.45, 2.75) is 26.1 Å². The molecule has 0 fully saturated rings. The van der Waals surface area contributed by atoms with Gasteiger partial charge in [0.15, 0.2) is 0 Å². The Morgan fingerprint density at radius 2 is 1.63 bits per heavy atom. The maximum absolute atomic E-state index is 12.8. The minimum atomic E-state index is -4.36. The molecule has 0 spiro atoms. The van der Waals surface area contributed by atoms with Crippen molar-refractivity contribution in [3.05, 3.63) is 69.3 Å². The van der Waals surface area contributed by atoms with Gasteiger partial charge in [-0.15, -0.1) is 0 Å². The number of carbonyl (C=O) groups is 1. The quantitative estimate of drug-likeness (QED) is 0.438. The van der Waals surface area contributed by atoms with E-state index in [-0.39, 0.29) is 11.9 Å². The van der Waals surface area contributed by atoms with Crippen LogP contribution in [0.5, 0.6) is 0 Å². The van der Waals surface area contributed by atoms with Gasteiger partial charge in [-0.1, -0.05) is 24.3 Å². The fourth-order valence-corrected chi connectivity index (χ4v) is 3.52. The average molecular weight is 483 g/mol. The van der Waals surface area contributed by atoms with Gasteiger partial charge in [0.05, 0.1) is 5.56 Å². The Morgan fingerprint density at radius 3 is 2.22 bits per heavy atom. The summed E-state index contributed by atoms with van der Waals surface area (Å²) in [6.45, 7) is 3.79. The van der Waals surface area contributed by atoms with E-state index >= 15 is 0 Å². The summed E-state index contributed by atoms with van der Waals surface area (Å²) in [5.41, 5.74) is 1.41. The number of rotatable bonds is 3. The molecule has 6 heteroatoms. The Kier molecular flexibility index (Phi) is 5.46. The molecule has 0 saturated heterocycles. The van der Waals surface area contributed by atoms with E-state index in [9.17, 15) is 18.0 Å². The minimum Gasteiger partial charge on any atom is -0.350 e. The van der Waals surface area contributed by atoms with Gasteiger partial charge < -0.3 is 5.32 Å². The summed E-state index contributed by atoms with van der Waals surface area (Å²) in [5.74, 6) is -0.150. The fraction of sp³-hybridized carbons (Fsp3) is 0.190. The number of fused-ring (bicyclic) bond motifs is 1. The highest BCUT2D eigenvalue weighted by molar-refractivity contribution is 14.1. The van der Waals surface area contributed by atoms with E-state index in [1.54, 1.807) is 6.07 Å². The van der Waals surface area contributed by atoms with Crippen LogP contribution in [0.3, 0.4) is 0 Å². The molecule has 3 aromatic carbocycles. The van der Waals surface area contributed by atoms with Gasteiger partial charge in [-0.3, -0.25) is 4.79 Å². The first-order valence-electron chi connectivity index (χ1n) is 8.37. The molecule has 3 aromatic rings. The Bertz CT molecular complexity index is 995. The smallest absolute Gasteiger partial charge is 0.350 e. The van der Waals surface area contributed by atoms with E-state index in [1.807, 2.05) is 38.1 Å². The maximum atomic E-state index is 12.8. The number of alkyl halides is 3. The predicted molar refractivity (Wildman–Crippen MR) is 110 cm³/mol. The summed E-state index contributed by atoms with van der Waals surface area (Å²) in [5, 5.41) is 4.65. The van der Waals surface area contributed by atoms with Gasteiger partial charge in [-0.2, -0.15) is 13.2 Å². The number of nitrogens with one attached hydrogen (secondary N) is 1. The van der Waals surface area contributed by atoms with Crippen molar-refractivity contribution in [3.8, 4) is 11.1 Å². The second kappa shape index (κ2) is 7.50. The van der Waals surface area contributed by atoms with Gasteiger partial charge in [0.25, 0.3) is 5.91 Å². The molecular weight excluding hydrogens is 466 g/mol. The van der Waals surface area contributed by atoms with Crippen molar-refractivity contribution in [1.29, 1.82) is 0 Å². The Morgan fingerprint density at radius 1 is 0.963 bits per heavy atom. The molecule has 0 bridgehead atoms. The van der Waals surface area contributed by atoms with Gasteiger partial charge in [-0.05, 0) is 88.7 Å². The van der Waals surface area contributed by atoms with E-state index < -0.39 is 11.7 Å². The largest absolute Gasteiger partial charge is 0.416 e.